The summed E-state index contributed by atoms with van der Waals surface area (Å²) >= 11 is 5.94. The number of ether oxygens (including phenoxy) is 1. The van der Waals surface area contributed by atoms with Crippen molar-refractivity contribution in [3.05, 3.63) is 69.1 Å². The summed E-state index contributed by atoms with van der Waals surface area (Å²) in [6, 6.07) is 6.78. The van der Waals surface area contributed by atoms with Gasteiger partial charge in [0.2, 0.25) is 0 Å². The number of halogens is 1. The number of rotatable bonds is 6. The molecule has 3 rings (SSSR count). The van der Waals surface area contributed by atoms with E-state index in [1.54, 1.807) is 34.9 Å². The van der Waals surface area contributed by atoms with E-state index in [4.69, 9.17) is 16.3 Å². The molecule has 0 fully saturated rings. The minimum Gasteiger partial charge on any atom is -0.383 e. The van der Waals surface area contributed by atoms with Crippen LogP contribution in [0.2, 0.25) is 5.02 Å². The zero-order valence-corrected chi connectivity index (χ0v) is 14.4. The molecule has 1 aromatic carbocycles. The van der Waals surface area contributed by atoms with Crippen molar-refractivity contribution in [2.24, 2.45) is 0 Å². The van der Waals surface area contributed by atoms with Crippen LogP contribution in [0.25, 0.3) is 16.9 Å². The summed E-state index contributed by atoms with van der Waals surface area (Å²) in [6.07, 6.45) is 3.19. The number of fused-ring (bicyclic) bond motifs is 1. The third-order valence-corrected chi connectivity index (χ3v) is 4.08. The molecule has 0 unspecified atom stereocenters. The minimum atomic E-state index is -0.472. The lowest BCUT2D eigenvalue weighted by Gasteiger charge is -2.12. The van der Waals surface area contributed by atoms with Gasteiger partial charge >= 0.3 is 5.69 Å². The topological polar surface area (TPSA) is 71.1 Å². The van der Waals surface area contributed by atoms with Crippen LogP contribution in [-0.2, 0) is 17.8 Å². The van der Waals surface area contributed by atoms with E-state index in [2.05, 4.69) is 11.6 Å². The van der Waals surface area contributed by atoms with E-state index < -0.39 is 11.2 Å². The summed E-state index contributed by atoms with van der Waals surface area (Å²) in [4.78, 5) is 30.0. The maximum absolute atomic E-state index is 12.9. The van der Waals surface area contributed by atoms with Gasteiger partial charge in [-0.2, -0.15) is 0 Å². The molecule has 0 saturated heterocycles. The Kier molecular flexibility index (Phi) is 4.87. The predicted octanol–water partition coefficient (Wildman–Crippen LogP) is 1.83. The van der Waals surface area contributed by atoms with Crippen LogP contribution >= 0.6 is 11.6 Å². The molecule has 25 heavy (non-hydrogen) atoms. The van der Waals surface area contributed by atoms with Gasteiger partial charge < -0.3 is 9.30 Å². The molecule has 2 aromatic heterocycles. The monoisotopic (exact) mass is 360 g/mol. The second-order valence-corrected chi connectivity index (χ2v) is 5.84. The Morgan fingerprint density at radius 1 is 1.28 bits per heavy atom. The summed E-state index contributed by atoms with van der Waals surface area (Å²) in [6.45, 7) is 4.50. The van der Waals surface area contributed by atoms with Crippen molar-refractivity contribution in [2.45, 2.75) is 13.1 Å². The quantitative estimate of drug-likeness (QED) is 0.629. The molecule has 7 nitrogen and oxygen atoms in total. The average molecular weight is 361 g/mol. The number of benzene rings is 1. The van der Waals surface area contributed by atoms with E-state index in [9.17, 15) is 9.59 Å². The Bertz CT molecular complexity index is 1030. The van der Waals surface area contributed by atoms with Gasteiger partial charge in [0.25, 0.3) is 5.56 Å². The first-order valence-corrected chi connectivity index (χ1v) is 8.02. The van der Waals surface area contributed by atoms with Crippen LogP contribution in [-0.4, -0.2) is 32.4 Å². The lowest BCUT2D eigenvalue weighted by Crippen LogP contribution is -2.41. The third kappa shape index (κ3) is 3.04. The number of nitrogens with zero attached hydrogens (tertiary/aromatic N) is 4. The van der Waals surface area contributed by atoms with Crippen molar-refractivity contribution in [3.8, 4) is 5.69 Å². The van der Waals surface area contributed by atoms with Crippen molar-refractivity contribution in [3.63, 3.8) is 0 Å². The molecule has 0 saturated carbocycles. The molecule has 130 valence electrons. The smallest absolute Gasteiger partial charge is 0.337 e. The predicted molar refractivity (Wildman–Crippen MR) is 96.7 cm³/mol. The van der Waals surface area contributed by atoms with Crippen molar-refractivity contribution >= 4 is 22.8 Å². The molecule has 0 atom stereocenters. The Morgan fingerprint density at radius 3 is 2.64 bits per heavy atom. The van der Waals surface area contributed by atoms with E-state index >= 15 is 0 Å². The lowest BCUT2D eigenvalue weighted by atomic mass is 10.3. The second-order valence-electron chi connectivity index (χ2n) is 5.40. The summed E-state index contributed by atoms with van der Waals surface area (Å²) in [5.74, 6) is 0. The van der Waals surface area contributed by atoms with Crippen LogP contribution in [0.1, 0.15) is 0 Å². The Hall–Kier alpha value is -2.64. The van der Waals surface area contributed by atoms with Crippen molar-refractivity contribution in [1.29, 1.82) is 0 Å². The fourth-order valence-corrected chi connectivity index (χ4v) is 2.79. The molecule has 0 aliphatic heterocycles. The van der Waals surface area contributed by atoms with Crippen LogP contribution in [0.3, 0.4) is 0 Å². The molecule has 0 amide bonds. The SMILES string of the molecule is C=CCn1cnc2c1c(=O)n(CCOC)c(=O)n2-c1ccc(Cl)cc1. The fraction of sp³-hybridized carbons (Fsp3) is 0.235. The molecule has 0 N–H and O–H groups in total. The van der Waals surface area contributed by atoms with Crippen LogP contribution in [0.4, 0.5) is 0 Å². The summed E-state index contributed by atoms with van der Waals surface area (Å²) in [7, 11) is 1.52. The summed E-state index contributed by atoms with van der Waals surface area (Å²) in [5.41, 5.74) is 0.343. The van der Waals surface area contributed by atoms with Crippen molar-refractivity contribution in [2.75, 3.05) is 13.7 Å². The maximum Gasteiger partial charge on any atom is 0.337 e. The second kappa shape index (κ2) is 7.08. The zero-order chi connectivity index (χ0) is 18.0. The summed E-state index contributed by atoms with van der Waals surface area (Å²) in [5, 5.41) is 0.554. The van der Waals surface area contributed by atoms with Gasteiger partial charge in [0.05, 0.1) is 25.2 Å². The standard InChI is InChI=1S/C17H17ClN4O3/c1-3-8-20-11-19-15-14(20)16(23)21(9-10-25-2)17(24)22(15)13-6-4-12(18)5-7-13/h3-7,11H,1,8-10H2,2H3. The fourth-order valence-electron chi connectivity index (χ4n) is 2.66. The van der Waals surface area contributed by atoms with Crippen molar-refractivity contribution in [1.82, 2.24) is 18.7 Å². The van der Waals surface area contributed by atoms with Gasteiger partial charge in [0.15, 0.2) is 11.2 Å². The maximum atomic E-state index is 12.9. The van der Waals surface area contributed by atoms with Crippen molar-refractivity contribution < 1.29 is 4.74 Å². The lowest BCUT2D eigenvalue weighted by molar-refractivity contribution is 0.184. The van der Waals surface area contributed by atoms with Gasteiger partial charge in [-0.3, -0.25) is 9.36 Å². The van der Waals surface area contributed by atoms with E-state index in [1.165, 1.54) is 18.0 Å². The van der Waals surface area contributed by atoms with E-state index in [0.29, 0.717) is 28.4 Å². The van der Waals surface area contributed by atoms with Crippen LogP contribution in [0, 0.1) is 0 Å². The average Bonchev–Trinajstić information content (AvgIpc) is 3.00. The molecule has 0 bridgehead atoms. The molecule has 0 aliphatic carbocycles. The van der Waals surface area contributed by atoms with E-state index in [0.717, 1.165) is 4.57 Å². The third-order valence-electron chi connectivity index (χ3n) is 3.83. The molecule has 0 radical (unpaired) electrons. The first-order chi connectivity index (χ1) is 12.1. The highest BCUT2D eigenvalue weighted by atomic mass is 35.5. The van der Waals surface area contributed by atoms with Crippen LogP contribution in [0.15, 0.2) is 52.8 Å². The molecule has 0 spiro atoms. The number of aromatic nitrogens is 4. The van der Waals surface area contributed by atoms with Gasteiger partial charge in [0.1, 0.15) is 0 Å². The minimum absolute atomic E-state index is 0.150. The van der Waals surface area contributed by atoms with Crippen LogP contribution < -0.4 is 11.2 Å². The largest absolute Gasteiger partial charge is 0.383 e. The normalized spacial score (nSPS) is 11.1. The molecule has 2 heterocycles. The highest BCUT2D eigenvalue weighted by Crippen LogP contribution is 2.16. The number of hydrogen-bond donors (Lipinski definition) is 0. The number of methoxy groups -OCH3 is 1. The zero-order valence-electron chi connectivity index (χ0n) is 13.7. The Labute approximate surface area is 148 Å². The highest BCUT2D eigenvalue weighted by Gasteiger charge is 2.18. The highest BCUT2D eigenvalue weighted by molar-refractivity contribution is 6.30. The van der Waals surface area contributed by atoms with Gasteiger partial charge in [-0.1, -0.05) is 17.7 Å². The van der Waals surface area contributed by atoms with E-state index in [-0.39, 0.29) is 13.2 Å². The molecule has 8 heteroatoms. The number of hydrogen-bond acceptors (Lipinski definition) is 4. The first-order valence-electron chi connectivity index (χ1n) is 7.65. The molecule has 3 aromatic rings. The van der Waals surface area contributed by atoms with Gasteiger partial charge in [-0.05, 0) is 24.3 Å². The van der Waals surface area contributed by atoms with Gasteiger partial charge in [-0.25, -0.2) is 14.3 Å². The Balaban J connectivity index is 2.38. The van der Waals surface area contributed by atoms with Gasteiger partial charge in [0, 0.05) is 18.7 Å². The van der Waals surface area contributed by atoms with E-state index in [1.807, 2.05) is 0 Å². The number of imidazole rings is 1. The Morgan fingerprint density at radius 2 is 2.00 bits per heavy atom. The molecule has 0 aliphatic rings. The van der Waals surface area contributed by atoms with Crippen LogP contribution in [0.5, 0.6) is 0 Å². The van der Waals surface area contributed by atoms with Gasteiger partial charge in [-0.15, -0.1) is 6.58 Å². The molecular formula is C17H17ClN4O3. The summed E-state index contributed by atoms with van der Waals surface area (Å²) < 4.78 is 9.25. The number of allylic oxidation sites excluding steroid dienone is 1. The molecular weight excluding hydrogens is 344 g/mol. The first kappa shape index (κ1) is 17.2.